The molecule has 1 aromatic carbocycles. The molecule has 0 spiro atoms. The maximum Gasteiger partial charge on any atom is 0.317 e. The third-order valence-corrected chi connectivity index (χ3v) is 5.31. The Hall–Kier alpha value is -1.95. The zero-order chi connectivity index (χ0) is 18.4. The van der Waals surface area contributed by atoms with Gasteiger partial charge >= 0.3 is 6.03 Å². The molecule has 0 radical (unpaired) electrons. The number of hydrogen-bond donors (Lipinski definition) is 1. The minimum Gasteiger partial charge on any atom is -0.372 e. The van der Waals surface area contributed by atoms with Crippen LogP contribution >= 0.6 is 0 Å². The molecule has 1 aromatic rings. The van der Waals surface area contributed by atoms with Gasteiger partial charge in [0.05, 0.1) is 0 Å². The van der Waals surface area contributed by atoms with Crippen LogP contribution in [0.15, 0.2) is 24.3 Å². The molecule has 2 aliphatic heterocycles. The summed E-state index contributed by atoms with van der Waals surface area (Å²) in [6, 6.07) is 9.01. The lowest BCUT2D eigenvalue weighted by molar-refractivity contribution is 0.194. The van der Waals surface area contributed by atoms with Gasteiger partial charge in [0.25, 0.3) is 0 Å². The average Bonchev–Trinajstić information content (AvgIpc) is 3.20. The molecule has 0 atom stereocenters. The highest BCUT2D eigenvalue weighted by Crippen LogP contribution is 2.24. The van der Waals surface area contributed by atoms with Crippen molar-refractivity contribution in [3.05, 3.63) is 24.3 Å². The molecule has 2 fully saturated rings. The summed E-state index contributed by atoms with van der Waals surface area (Å²) in [5.41, 5.74) is 2.60. The predicted molar refractivity (Wildman–Crippen MR) is 108 cm³/mol. The normalized spacial score (nSPS) is 17.9. The molecule has 6 heteroatoms. The average molecular weight is 360 g/mol. The van der Waals surface area contributed by atoms with E-state index >= 15 is 0 Å². The second-order valence-electron chi connectivity index (χ2n) is 7.57. The summed E-state index contributed by atoms with van der Waals surface area (Å²) in [6.07, 6.45) is 3.60. The van der Waals surface area contributed by atoms with Crippen LogP contribution in [0.4, 0.5) is 16.2 Å². The Balaban J connectivity index is 1.42. The van der Waals surface area contributed by atoms with Crippen LogP contribution in [-0.2, 0) is 0 Å². The van der Waals surface area contributed by atoms with Crippen LogP contribution < -0.4 is 15.1 Å². The molecule has 26 heavy (non-hydrogen) atoms. The lowest BCUT2D eigenvalue weighted by Crippen LogP contribution is -2.52. The van der Waals surface area contributed by atoms with Crippen molar-refractivity contribution in [3.8, 4) is 0 Å². The second-order valence-corrected chi connectivity index (χ2v) is 7.57. The van der Waals surface area contributed by atoms with Crippen molar-refractivity contribution in [2.75, 3.05) is 76.3 Å². The minimum atomic E-state index is 0.0767. The third kappa shape index (κ3) is 5.04. The molecule has 2 amide bonds. The van der Waals surface area contributed by atoms with Crippen LogP contribution in [0, 0.1) is 0 Å². The van der Waals surface area contributed by atoms with Crippen LogP contribution in [0.2, 0.25) is 0 Å². The highest BCUT2D eigenvalue weighted by Gasteiger charge is 2.21. The molecule has 0 saturated carbocycles. The van der Waals surface area contributed by atoms with Crippen LogP contribution in [0.3, 0.4) is 0 Å². The number of piperazine rings is 1. The fourth-order valence-corrected chi connectivity index (χ4v) is 3.72. The Morgan fingerprint density at radius 3 is 2.00 bits per heavy atom. The molecule has 0 aliphatic carbocycles. The predicted octanol–water partition coefficient (Wildman–Crippen LogP) is 2.07. The summed E-state index contributed by atoms with van der Waals surface area (Å²) in [5, 5.41) is 3.04. The highest BCUT2D eigenvalue weighted by molar-refractivity contribution is 5.74. The second kappa shape index (κ2) is 9.12. The van der Waals surface area contributed by atoms with Gasteiger partial charge in [0.15, 0.2) is 0 Å². The Morgan fingerprint density at radius 2 is 1.46 bits per heavy atom. The fourth-order valence-electron chi connectivity index (χ4n) is 3.72. The number of anilines is 2. The number of hydrogen-bond acceptors (Lipinski definition) is 4. The number of carbonyl (C=O) groups is 1. The van der Waals surface area contributed by atoms with Crippen molar-refractivity contribution < 1.29 is 4.79 Å². The summed E-state index contributed by atoms with van der Waals surface area (Å²) in [4.78, 5) is 21.2. The van der Waals surface area contributed by atoms with Gasteiger partial charge in [0.2, 0.25) is 0 Å². The van der Waals surface area contributed by atoms with Crippen LogP contribution in [0.25, 0.3) is 0 Å². The maximum absolute atomic E-state index is 12.3. The Morgan fingerprint density at radius 1 is 0.923 bits per heavy atom. The lowest BCUT2D eigenvalue weighted by atomic mass is 10.2. The molecule has 0 bridgehead atoms. The highest BCUT2D eigenvalue weighted by atomic mass is 16.2. The molecular weight excluding hydrogens is 326 g/mol. The van der Waals surface area contributed by atoms with Crippen molar-refractivity contribution in [1.29, 1.82) is 0 Å². The van der Waals surface area contributed by atoms with Gasteiger partial charge in [-0.3, -0.25) is 0 Å². The van der Waals surface area contributed by atoms with Gasteiger partial charge < -0.3 is 24.9 Å². The largest absolute Gasteiger partial charge is 0.372 e. The van der Waals surface area contributed by atoms with Gasteiger partial charge in [-0.2, -0.15) is 0 Å². The summed E-state index contributed by atoms with van der Waals surface area (Å²) in [6.45, 7) is 7.48. The standard InChI is InChI=1S/C20H33N5O/c1-22(2)11-5-10-21-20(26)25-16-14-24(15-17-25)19-8-6-18(7-9-19)23-12-3-4-13-23/h6-9H,3-5,10-17H2,1-2H3,(H,21,26). The first kappa shape index (κ1) is 18.8. The molecule has 2 heterocycles. The van der Waals surface area contributed by atoms with E-state index in [0.717, 1.165) is 45.7 Å². The molecule has 2 aliphatic rings. The van der Waals surface area contributed by atoms with Crippen molar-refractivity contribution in [2.24, 2.45) is 0 Å². The van der Waals surface area contributed by atoms with E-state index in [1.165, 1.54) is 37.3 Å². The fraction of sp³-hybridized carbons (Fsp3) is 0.650. The van der Waals surface area contributed by atoms with Crippen LogP contribution in [-0.4, -0.2) is 82.3 Å². The van der Waals surface area contributed by atoms with E-state index in [1.54, 1.807) is 0 Å². The first-order chi connectivity index (χ1) is 12.6. The molecule has 0 unspecified atom stereocenters. The van der Waals surface area contributed by atoms with Crippen LogP contribution in [0.1, 0.15) is 19.3 Å². The Kier molecular flexibility index (Phi) is 6.61. The minimum absolute atomic E-state index is 0.0767. The Labute approximate surface area is 157 Å². The van der Waals surface area contributed by atoms with E-state index < -0.39 is 0 Å². The number of rotatable bonds is 6. The van der Waals surface area contributed by atoms with E-state index in [4.69, 9.17) is 0 Å². The van der Waals surface area contributed by atoms with E-state index in [1.807, 2.05) is 4.90 Å². The first-order valence-corrected chi connectivity index (χ1v) is 9.91. The molecule has 1 N–H and O–H groups in total. The van der Waals surface area contributed by atoms with Gasteiger partial charge in [-0.1, -0.05) is 0 Å². The van der Waals surface area contributed by atoms with E-state index in [-0.39, 0.29) is 6.03 Å². The van der Waals surface area contributed by atoms with Gasteiger partial charge in [0, 0.05) is 57.2 Å². The topological polar surface area (TPSA) is 42.1 Å². The summed E-state index contributed by atoms with van der Waals surface area (Å²) in [5.74, 6) is 0. The molecule has 0 aromatic heterocycles. The van der Waals surface area contributed by atoms with Crippen molar-refractivity contribution in [2.45, 2.75) is 19.3 Å². The zero-order valence-electron chi connectivity index (χ0n) is 16.3. The van der Waals surface area contributed by atoms with Crippen molar-refractivity contribution in [1.82, 2.24) is 15.1 Å². The van der Waals surface area contributed by atoms with Crippen LogP contribution in [0.5, 0.6) is 0 Å². The third-order valence-electron chi connectivity index (χ3n) is 5.31. The number of urea groups is 1. The van der Waals surface area contributed by atoms with Crippen molar-refractivity contribution >= 4 is 17.4 Å². The molecule has 3 rings (SSSR count). The molecule has 2 saturated heterocycles. The molecule has 6 nitrogen and oxygen atoms in total. The summed E-state index contributed by atoms with van der Waals surface area (Å²) >= 11 is 0. The van der Waals surface area contributed by atoms with E-state index in [2.05, 4.69) is 58.4 Å². The molecule has 144 valence electrons. The lowest BCUT2D eigenvalue weighted by Gasteiger charge is -2.36. The SMILES string of the molecule is CN(C)CCCNC(=O)N1CCN(c2ccc(N3CCCC3)cc2)CC1. The zero-order valence-corrected chi connectivity index (χ0v) is 16.3. The van der Waals surface area contributed by atoms with Gasteiger partial charge in [-0.25, -0.2) is 4.79 Å². The number of nitrogens with zero attached hydrogens (tertiary/aromatic N) is 4. The number of nitrogens with one attached hydrogen (secondary N) is 1. The summed E-state index contributed by atoms with van der Waals surface area (Å²) < 4.78 is 0. The number of amides is 2. The Bertz CT molecular complexity index is 560. The smallest absolute Gasteiger partial charge is 0.317 e. The first-order valence-electron chi connectivity index (χ1n) is 9.91. The van der Waals surface area contributed by atoms with E-state index in [0.29, 0.717) is 0 Å². The van der Waals surface area contributed by atoms with Crippen molar-refractivity contribution in [3.63, 3.8) is 0 Å². The number of benzene rings is 1. The number of carbonyl (C=O) groups excluding carboxylic acids is 1. The monoisotopic (exact) mass is 359 g/mol. The van der Waals surface area contributed by atoms with Gasteiger partial charge in [-0.15, -0.1) is 0 Å². The van der Waals surface area contributed by atoms with E-state index in [9.17, 15) is 4.79 Å². The quantitative estimate of drug-likeness (QED) is 0.790. The molecular formula is C20H33N5O. The summed E-state index contributed by atoms with van der Waals surface area (Å²) in [7, 11) is 4.11. The maximum atomic E-state index is 12.3. The van der Waals surface area contributed by atoms with Gasteiger partial charge in [-0.05, 0) is 64.2 Å². The van der Waals surface area contributed by atoms with Gasteiger partial charge in [0.1, 0.15) is 0 Å².